The number of alkyl halides is 3. The van der Waals surface area contributed by atoms with Crippen LogP contribution in [0.15, 0.2) is 22.6 Å². The maximum absolute atomic E-state index is 12.7. The van der Waals surface area contributed by atoms with Crippen LogP contribution in [0.5, 0.6) is 11.5 Å². The summed E-state index contributed by atoms with van der Waals surface area (Å²) in [6, 6.07) is 3.87. The van der Waals surface area contributed by atoms with Gasteiger partial charge in [-0.2, -0.15) is 0 Å². The Labute approximate surface area is 195 Å². The summed E-state index contributed by atoms with van der Waals surface area (Å²) >= 11 is -1.54. The van der Waals surface area contributed by atoms with E-state index in [4.69, 9.17) is 9.47 Å². The fourth-order valence-corrected chi connectivity index (χ4v) is 4.76. The van der Waals surface area contributed by atoms with Crippen molar-refractivity contribution >= 4 is 23.0 Å². The van der Waals surface area contributed by atoms with E-state index >= 15 is 0 Å². The number of ether oxygens (including phenoxy) is 3. The van der Waals surface area contributed by atoms with Gasteiger partial charge < -0.3 is 18.8 Å². The first-order chi connectivity index (χ1) is 15.4. The second-order valence-corrected chi connectivity index (χ2v) is 11.2. The Hall–Kier alpha value is -1.94. The van der Waals surface area contributed by atoms with Crippen LogP contribution in [0.1, 0.15) is 65.4 Å². The van der Waals surface area contributed by atoms with Crippen molar-refractivity contribution in [3.8, 4) is 11.5 Å². The normalized spacial score (nSPS) is 25.7. The van der Waals surface area contributed by atoms with E-state index in [1.165, 1.54) is 18.2 Å². The molecule has 1 saturated carbocycles. The predicted molar refractivity (Wildman–Crippen MR) is 119 cm³/mol. The Morgan fingerprint density at radius 2 is 1.88 bits per heavy atom. The number of esters is 1. The average Bonchev–Trinajstić information content (AvgIpc) is 2.71. The molecule has 6 nitrogen and oxygen atoms in total. The van der Waals surface area contributed by atoms with E-state index in [-0.39, 0.29) is 35.4 Å². The quantitative estimate of drug-likeness (QED) is 0.411. The lowest BCUT2D eigenvalue weighted by Gasteiger charge is -2.36. The minimum absolute atomic E-state index is 0.0873. The molecule has 3 rings (SSSR count). The lowest BCUT2D eigenvalue weighted by Crippen LogP contribution is -2.38. The summed E-state index contributed by atoms with van der Waals surface area (Å²) in [6.07, 6.45) is -2.02. The van der Waals surface area contributed by atoms with Crippen LogP contribution in [-0.4, -0.2) is 40.1 Å². The molecule has 2 atom stereocenters. The Bertz CT molecular complexity index is 876. The molecule has 0 radical (unpaired) electrons. The SMILES string of the molecule is CCOC(=O)C1CCC([C@H]2CC(=N[S+]([O-])C(C)(C)C)c3ccc(OC(F)(F)F)cc3O2)CC1. The molecule has 33 heavy (non-hydrogen) atoms. The first-order valence-electron chi connectivity index (χ1n) is 11.1. The summed E-state index contributed by atoms with van der Waals surface area (Å²) in [4.78, 5) is 12.1. The summed E-state index contributed by atoms with van der Waals surface area (Å²) in [6.45, 7) is 7.54. The Kier molecular flexibility index (Phi) is 7.88. The number of carbonyl (C=O) groups excluding carboxylic acids is 1. The average molecular weight is 490 g/mol. The topological polar surface area (TPSA) is 80.2 Å². The van der Waals surface area contributed by atoms with E-state index in [1.807, 2.05) is 20.8 Å². The molecule has 0 bridgehead atoms. The molecule has 1 aliphatic heterocycles. The van der Waals surface area contributed by atoms with Gasteiger partial charge in [0.25, 0.3) is 0 Å². The summed E-state index contributed by atoms with van der Waals surface area (Å²) in [7, 11) is 0. The van der Waals surface area contributed by atoms with Gasteiger partial charge in [-0.25, -0.2) is 0 Å². The molecule has 2 aliphatic rings. The van der Waals surface area contributed by atoms with Gasteiger partial charge in [0, 0.05) is 18.1 Å². The highest BCUT2D eigenvalue weighted by molar-refractivity contribution is 7.91. The summed E-state index contributed by atoms with van der Waals surface area (Å²) in [5, 5.41) is 0. The molecule has 0 spiro atoms. The summed E-state index contributed by atoms with van der Waals surface area (Å²) in [5.41, 5.74) is 1.05. The Morgan fingerprint density at radius 1 is 1.21 bits per heavy atom. The number of hydrogen-bond acceptors (Lipinski definition) is 6. The van der Waals surface area contributed by atoms with Crippen LogP contribution in [-0.2, 0) is 20.9 Å². The van der Waals surface area contributed by atoms with E-state index in [0.717, 1.165) is 12.8 Å². The molecule has 10 heteroatoms. The fourth-order valence-electron chi connectivity index (χ4n) is 4.11. The third-order valence-corrected chi connectivity index (χ3v) is 7.24. The Balaban J connectivity index is 1.84. The van der Waals surface area contributed by atoms with Gasteiger partial charge in [-0.05, 0) is 71.4 Å². The van der Waals surface area contributed by atoms with Gasteiger partial charge in [0.2, 0.25) is 0 Å². The number of nitrogens with zero attached hydrogens (tertiary/aromatic N) is 1. The smallest absolute Gasteiger partial charge is 0.573 e. The van der Waals surface area contributed by atoms with Crippen molar-refractivity contribution in [2.45, 2.75) is 77.0 Å². The van der Waals surface area contributed by atoms with Crippen molar-refractivity contribution in [1.29, 1.82) is 0 Å². The molecule has 0 amide bonds. The molecule has 1 aromatic rings. The van der Waals surface area contributed by atoms with Gasteiger partial charge in [-0.1, -0.05) is 4.40 Å². The van der Waals surface area contributed by atoms with Crippen molar-refractivity contribution in [1.82, 2.24) is 0 Å². The van der Waals surface area contributed by atoms with Crippen LogP contribution in [0.4, 0.5) is 13.2 Å². The van der Waals surface area contributed by atoms with Crippen molar-refractivity contribution in [3.63, 3.8) is 0 Å². The fraction of sp³-hybridized carbons (Fsp3) is 0.652. The van der Waals surface area contributed by atoms with Crippen LogP contribution >= 0.6 is 0 Å². The van der Waals surface area contributed by atoms with Crippen molar-refractivity contribution in [2.75, 3.05) is 6.61 Å². The highest BCUT2D eigenvalue weighted by Gasteiger charge is 2.38. The molecule has 1 aromatic carbocycles. The van der Waals surface area contributed by atoms with E-state index in [1.54, 1.807) is 6.92 Å². The minimum Gasteiger partial charge on any atom is -0.591 e. The van der Waals surface area contributed by atoms with Crippen LogP contribution < -0.4 is 9.47 Å². The number of fused-ring (bicyclic) bond motifs is 1. The number of rotatable bonds is 5. The number of hydrogen-bond donors (Lipinski definition) is 0. The zero-order valence-electron chi connectivity index (χ0n) is 19.2. The third-order valence-electron chi connectivity index (χ3n) is 5.80. The third kappa shape index (κ3) is 6.79. The lowest BCUT2D eigenvalue weighted by atomic mass is 9.77. The van der Waals surface area contributed by atoms with E-state index in [0.29, 0.717) is 37.1 Å². The molecule has 1 heterocycles. The second-order valence-electron chi connectivity index (χ2n) is 9.33. The maximum atomic E-state index is 12.7. The van der Waals surface area contributed by atoms with Gasteiger partial charge in [0.15, 0.2) is 0 Å². The van der Waals surface area contributed by atoms with Gasteiger partial charge in [-0.15, -0.1) is 13.2 Å². The molecule has 1 fully saturated rings. The minimum atomic E-state index is -4.82. The first-order valence-corrected chi connectivity index (χ1v) is 12.2. The number of carbonyl (C=O) groups is 1. The highest BCUT2D eigenvalue weighted by Crippen LogP contribution is 2.40. The van der Waals surface area contributed by atoms with Crippen molar-refractivity contribution in [2.24, 2.45) is 16.2 Å². The molecule has 1 aliphatic carbocycles. The van der Waals surface area contributed by atoms with Gasteiger partial charge in [-0.3, -0.25) is 4.79 Å². The monoisotopic (exact) mass is 489 g/mol. The lowest BCUT2D eigenvalue weighted by molar-refractivity contribution is -0.274. The van der Waals surface area contributed by atoms with Crippen LogP contribution in [0, 0.1) is 11.8 Å². The maximum Gasteiger partial charge on any atom is 0.573 e. The van der Waals surface area contributed by atoms with Crippen molar-refractivity contribution < 1.29 is 36.7 Å². The first kappa shape index (κ1) is 25.7. The van der Waals surface area contributed by atoms with E-state index in [9.17, 15) is 22.5 Å². The zero-order chi connectivity index (χ0) is 24.4. The highest BCUT2D eigenvalue weighted by atomic mass is 32.2. The molecular formula is C23H30F3NO5S. The predicted octanol–water partition coefficient (Wildman–Crippen LogP) is 5.36. The largest absolute Gasteiger partial charge is 0.591 e. The van der Waals surface area contributed by atoms with Gasteiger partial charge in [0.05, 0.1) is 12.5 Å². The molecule has 0 N–H and O–H groups in total. The second kappa shape index (κ2) is 10.1. The van der Waals surface area contributed by atoms with Crippen LogP contribution in [0.3, 0.4) is 0 Å². The van der Waals surface area contributed by atoms with Crippen LogP contribution in [0.2, 0.25) is 0 Å². The van der Waals surface area contributed by atoms with Gasteiger partial charge >= 0.3 is 12.3 Å². The standard InChI is InChI=1S/C23H30F3NO5S/c1-5-30-21(28)15-8-6-14(7-9-15)19-13-18(27-33(29)22(2,3)4)17-11-10-16(12-20(17)31-19)32-23(24,25)26/h10-12,14-15,19H,5-9,13H2,1-4H3/t14?,15?,19-,33?/m1/s1. The molecule has 1 unspecified atom stereocenters. The zero-order valence-corrected chi connectivity index (χ0v) is 20.1. The van der Waals surface area contributed by atoms with E-state index in [2.05, 4.69) is 9.13 Å². The summed E-state index contributed by atoms with van der Waals surface area (Å²) in [5.74, 6) is -0.410. The molecule has 0 saturated heterocycles. The summed E-state index contributed by atoms with van der Waals surface area (Å²) < 4.78 is 70.0. The van der Waals surface area contributed by atoms with E-state index < -0.39 is 22.5 Å². The molecule has 0 aromatic heterocycles. The van der Waals surface area contributed by atoms with Crippen LogP contribution in [0.25, 0.3) is 0 Å². The Morgan fingerprint density at radius 3 is 2.45 bits per heavy atom. The molecule has 184 valence electrons. The number of benzene rings is 1. The van der Waals surface area contributed by atoms with Crippen molar-refractivity contribution in [3.05, 3.63) is 23.8 Å². The van der Waals surface area contributed by atoms with Gasteiger partial charge in [0.1, 0.15) is 39.4 Å². The molecular weight excluding hydrogens is 459 g/mol. The number of halogens is 3.